The second-order valence-electron chi connectivity index (χ2n) is 6.56. The number of hydrogen-bond acceptors (Lipinski definition) is 6. The van der Waals surface area contributed by atoms with Gasteiger partial charge >= 0.3 is 0 Å². The SMILES string of the molecule is CO/N=C1\CN(c2nc3c(cc2F)c(=O)ccn3C2CC2)CC1CN. The third-order valence-electron chi connectivity index (χ3n) is 4.83. The van der Waals surface area contributed by atoms with Crippen molar-refractivity contribution in [1.29, 1.82) is 0 Å². The van der Waals surface area contributed by atoms with Gasteiger partial charge in [-0.15, -0.1) is 0 Å². The topological polar surface area (TPSA) is 85.7 Å². The number of anilines is 1. The number of pyridine rings is 2. The Morgan fingerprint density at radius 2 is 2.28 bits per heavy atom. The Morgan fingerprint density at radius 3 is 2.96 bits per heavy atom. The molecule has 7 nitrogen and oxygen atoms in total. The molecule has 1 aliphatic heterocycles. The van der Waals surface area contributed by atoms with E-state index in [1.165, 1.54) is 19.2 Å². The second kappa shape index (κ2) is 6.11. The summed E-state index contributed by atoms with van der Waals surface area (Å²) in [5, 5.41) is 4.32. The molecule has 4 rings (SSSR count). The van der Waals surface area contributed by atoms with Crippen LogP contribution in [0.4, 0.5) is 10.2 Å². The number of oxime groups is 1. The molecule has 2 N–H and O–H groups in total. The van der Waals surface area contributed by atoms with E-state index in [1.807, 2.05) is 4.57 Å². The Hall–Kier alpha value is -2.48. The third kappa shape index (κ3) is 2.76. The van der Waals surface area contributed by atoms with Gasteiger partial charge < -0.3 is 20.0 Å². The van der Waals surface area contributed by atoms with Crippen molar-refractivity contribution < 1.29 is 9.23 Å². The van der Waals surface area contributed by atoms with Gasteiger partial charge in [0.15, 0.2) is 17.1 Å². The van der Waals surface area contributed by atoms with E-state index in [0.29, 0.717) is 36.7 Å². The second-order valence-corrected chi connectivity index (χ2v) is 6.56. The number of nitrogens with zero attached hydrogens (tertiary/aromatic N) is 4. The van der Waals surface area contributed by atoms with Gasteiger partial charge in [-0.1, -0.05) is 5.16 Å². The molecule has 25 heavy (non-hydrogen) atoms. The van der Waals surface area contributed by atoms with Gasteiger partial charge in [-0.3, -0.25) is 4.79 Å². The summed E-state index contributed by atoms with van der Waals surface area (Å²) in [5.41, 5.74) is 6.89. The summed E-state index contributed by atoms with van der Waals surface area (Å²) in [4.78, 5) is 23.3. The molecule has 0 bridgehead atoms. The molecule has 1 saturated heterocycles. The maximum atomic E-state index is 14.7. The minimum absolute atomic E-state index is 0.00162. The van der Waals surface area contributed by atoms with Crippen molar-refractivity contribution in [2.45, 2.75) is 18.9 Å². The summed E-state index contributed by atoms with van der Waals surface area (Å²) in [7, 11) is 1.48. The predicted molar refractivity (Wildman–Crippen MR) is 93.4 cm³/mol. The van der Waals surface area contributed by atoms with Gasteiger partial charge in [-0.05, 0) is 18.9 Å². The summed E-state index contributed by atoms with van der Waals surface area (Å²) in [6.07, 6.45) is 3.85. The first-order valence-corrected chi connectivity index (χ1v) is 8.38. The number of halogens is 1. The van der Waals surface area contributed by atoms with Gasteiger partial charge in [0.05, 0.1) is 17.6 Å². The van der Waals surface area contributed by atoms with Crippen LogP contribution in [0.1, 0.15) is 18.9 Å². The van der Waals surface area contributed by atoms with Gasteiger partial charge in [-0.25, -0.2) is 9.37 Å². The lowest BCUT2D eigenvalue weighted by Gasteiger charge is -2.19. The highest BCUT2D eigenvalue weighted by Crippen LogP contribution is 2.37. The summed E-state index contributed by atoms with van der Waals surface area (Å²) in [6.45, 7) is 1.33. The van der Waals surface area contributed by atoms with Crippen molar-refractivity contribution >= 4 is 22.6 Å². The zero-order valence-electron chi connectivity index (χ0n) is 14.0. The van der Waals surface area contributed by atoms with Crippen LogP contribution in [0.15, 0.2) is 28.3 Å². The number of aromatic nitrogens is 2. The van der Waals surface area contributed by atoms with Crippen LogP contribution < -0.4 is 16.1 Å². The van der Waals surface area contributed by atoms with Crippen LogP contribution in [0.25, 0.3) is 11.0 Å². The van der Waals surface area contributed by atoms with E-state index in [4.69, 9.17) is 10.6 Å². The van der Waals surface area contributed by atoms with Crippen LogP contribution in [0.5, 0.6) is 0 Å². The molecule has 3 heterocycles. The molecule has 2 aromatic heterocycles. The lowest BCUT2D eigenvalue weighted by Crippen LogP contribution is -2.25. The largest absolute Gasteiger partial charge is 0.399 e. The van der Waals surface area contributed by atoms with Crippen molar-refractivity contribution in [3.63, 3.8) is 0 Å². The molecular weight excluding hydrogens is 325 g/mol. The molecule has 0 spiro atoms. The van der Waals surface area contributed by atoms with Crippen LogP contribution >= 0.6 is 0 Å². The van der Waals surface area contributed by atoms with Crippen LogP contribution in [0, 0.1) is 11.7 Å². The lowest BCUT2D eigenvalue weighted by atomic mass is 10.1. The van der Waals surface area contributed by atoms with E-state index in [9.17, 15) is 9.18 Å². The summed E-state index contributed by atoms with van der Waals surface area (Å²) >= 11 is 0. The quantitative estimate of drug-likeness (QED) is 0.844. The zero-order chi connectivity index (χ0) is 17.6. The Morgan fingerprint density at radius 1 is 1.48 bits per heavy atom. The van der Waals surface area contributed by atoms with Crippen molar-refractivity contribution in [2.75, 3.05) is 31.6 Å². The van der Waals surface area contributed by atoms with E-state index in [-0.39, 0.29) is 17.2 Å². The molecule has 2 fully saturated rings. The monoisotopic (exact) mass is 345 g/mol. The predicted octanol–water partition coefficient (Wildman–Crippen LogP) is 1.27. The fraction of sp³-hybridized carbons (Fsp3) is 0.471. The van der Waals surface area contributed by atoms with Gasteiger partial charge in [0.25, 0.3) is 0 Å². The zero-order valence-corrected chi connectivity index (χ0v) is 14.0. The van der Waals surface area contributed by atoms with E-state index < -0.39 is 5.82 Å². The maximum absolute atomic E-state index is 14.7. The smallest absolute Gasteiger partial charge is 0.191 e. The van der Waals surface area contributed by atoms with E-state index in [0.717, 1.165) is 18.6 Å². The molecule has 8 heteroatoms. The van der Waals surface area contributed by atoms with Gasteiger partial charge in [0.2, 0.25) is 0 Å². The van der Waals surface area contributed by atoms with Gasteiger partial charge in [0, 0.05) is 37.3 Å². The highest BCUT2D eigenvalue weighted by molar-refractivity contribution is 5.94. The van der Waals surface area contributed by atoms with Gasteiger partial charge in [0.1, 0.15) is 12.8 Å². The van der Waals surface area contributed by atoms with Crippen molar-refractivity contribution in [2.24, 2.45) is 16.8 Å². The lowest BCUT2D eigenvalue weighted by molar-refractivity contribution is 0.211. The van der Waals surface area contributed by atoms with Crippen LogP contribution in [0.3, 0.4) is 0 Å². The van der Waals surface area contributed by atoms with E-state index in [1.54, 1.807) is 11.1 Å². The number of rotatable bonds is 4. The summed E-state index contributed by atoms with van der Waals surface area (Å²) < 4.78 is 16.7. The first-order chi connectivity index (χ1) is 12.1. The maximum Gasteiger partial charge on any atom is 0.191 e. The van der Waals surface area contributed by atoms with Crippen LogP contribution in [-0.2, 0) is 4.84 Å². The Labute approximate surface area is 143 Å². The molecule has 0 radical (unpaired) electrons. The minimum Gasteiger partial charge on any atom is -0.399 e. The van der Waals surface area contributed by atoms with E-state index >= 15 is 0 Å². The Bertz CT molecular complexity index is 906. The summed E-state index contributed by atoms with van der Waals surface area (Å²) in [5.74, 6) is -0.280. The third-order valence-corrected chi connectivity index (χ3v) is 4.83. The molecule has 1 saturated carbocycles. The Balaban J connectivity index is 1.80. The van der Waals surface area contributed by atoms with Crippen molar-refractivity contribution in [3.8, 4) is 0 Å². The molecule has 0 aromatic carbocycles. The highest BCUT2D eigenvalue weighted by Gasteiger charge is 2.32. The van der Waals surface area contributed by atoms with E-state index in [2.05, 4.69) is 10.1 Å². The fourth-order valence-corrected chi connectivity index (χ4v) is 3.38. The number of nitrogens with two attached hydrogens (primary N) is 1. The molecule has 1 unspecified atom stereocenters. The first kappa shape index (κ1) is 16.0. The Kier molecular flexibility index (Phi) is 3.91. The molecule has 132 valence electrons. The average Bonchev–Trinajstić information content (AvgIpc) is 3.36. The van der Waals surface area contributed by atoms with Crippen molar-refractivity contribution in [3.05, 3.63) is 34.4 Å². The minimum atomic E-state index is -0.507. The molecule has 1 aliphatic carbocycles. The first-order valence-electron chi connectivity index (χ1n) is 8.38. The number of hydrogen-bond donors (Lipinski definition) is 1. The van der Waals surface area contributed by atoms with Crippen molar-refractivity contribution in [1.82, 2.24) is 9.55 Å². The normalized spacial score (nSPS) is 22.1. The molecular formula is C17H20FN5O2. The highest BCUT2D eigenvalue weighted by atomic mass is 19.1. The molecule has 0 amide bonds. The van der Waals surface area contributed by atoms with Gasteiger partial charge in [-0.2, -0.15) is 0 Å². The fourth-order valence-electron chi connectivity index (χ4n) is 3.38. The molecule has 2 aromatic rings. The average molecular weight is 345 g/mol. The summed E-state index contributed by atoms with van der Waals surface area (Å²) in [6, 6.07) is 3.11. The molecule has 2 aliphatic rings. The van der Waals surface area contributed by atoms with Crippen LogP contribution in [-0.4, -0.2) is 42.0 Å². The number of fused-ring (bicyclic) bond motifs is 1. The van der Waals surface area contributed by atoms with Crippen LogP contribution in [0.2, 0.25) is 0 Å². The molecule has 1 atom stereocenters. The standard InChI is InChI=1S/C17H20FN5O2/c1-25-21-14-9-22(8-10(14)7-19)17-13(18)6-12-15(24)4-5-23(11-2-3-11)16(12)20-17/h4-6,10-11H,2-3,7-9,19H2,1H3/b21-14+.